The van der Waals surface area contributed by atoms with E-state index in [1.165, 1.54) is 0 Å². The van der Waals surface area contributed by atoms with Crippen molar-refractivity contribution in [3.8, 4) is 0 Å². The Labute approximate surface area is 182 Å². The molecule has 1 saturated heterocycles. The Bertz CT molecular complexity index is 976. The normalized spacial score (nSPS) is 23.7. The minimum Gasteiger partial charge on any atom is -0.302 e. The van der Waals surface area contributed by atoms with Gasteiger partial charge in [0.15, 0.2) is 5.11 Å². The number of ketones is 1. The predicted molar refractivity (Wildman–Crippen MR) is 114 cm³/mol. The highest BCUT2D eigenvalue weighted by molar-refractivity contribution is 7.80. The van der Waals surface area contributed by atoms with Crippen LogP contribution in [0, 0.1) is 5.41 Å². The molecule has 2 N–H and O–H groups in total. The molecule has 2 unspecified atom stereocenters. The maximum absolute atomic E-state index is 13.4. The lowest BCUT2D eigenvalue weighted by Gasteiger charge is -2.48. The first-order chi connectivity index (χ1) is 13.9. The third-order valence-corrected chi connectivity index (χ3v) is 6.62. The Morgan fingerprint density at radius 3 is 1.62 bits per heavy atom. The van der Waals surface area contributed by atoms with Gasteiger partial charge in [0, 0.05) is 34.7 Å². The standard InChI is InChI=1S/C21H16Cl2N2O3S/c22-16-7-3-1-5-12(16)14-9-11(26)10-15(13-6-2-4-8-17(13)23)21(14)18(27)24-20(29)25-19(21)28/h1-8,14-15H,9-10H2,(H2,24,25,27,28,29). The number of rotatable bonds is 2. The van der Waals surface area contributed by atoms with Crippen LogP contribution < -0.4 is 10.6 Å². The number of carbonyl (C=O) groups excluding carboxylic acids is 3. The van der Waals surface area contributed by atoms with E-state index in [1.807, 2.05) is 0 Å². The van der Waals surface area contributed by atoms with E-state index < -0.39 is 29.1 Å². The van der Waals surface area contributed by atoms with Crippen LogP contribution in [0.1, 0.15) is 35.8 Å². The average Bonchev–Trinajstić information content (AvgIpc) is 2.67. The molecule has 2 aromatic rings. The SMILES string of the molecule is O=C1CC(c2ccccc2Cl)C2(C(=O)NC(=S)NC2=O)C(c2ccccc2Cl)C1. The fourth-order valence-corrected chi connectivity index (χ4v) is 5.23. The summed E-state index contributed by atoms with van der Waals surface area (Å²) in [5.41, 5.74) is -0.485. The largest absolute Gasteiger partial charge is 0.302 e. The Balaban J connectivity index is 2.00. The van der Waals surface area contributed by atoms with Crippen LogP contribution in [0.4, 0.5) is 0 Å². The summed E-state index contributed by atoms with van der Waals surface area (Å²) in [5.74, 6) is -2.69. The zero-order chi connectivity index (χ0) is 20.8. The van der Waals surface area contributed by atoms with E-state index in [9.17, 15) is 14.4 Å². The lowest BCUT2D eigenvalue weighted by Crippen LogP contribution is -2.67. The van der Waals surface area contributed by atoms with Crippen molar-refractivity contribution in [1.29, 1.82) is 0 Å². The van der Waals surface area contributed by atoms with Crippen molar-refractivity contribution >= 4 is 58.1 Å². The second-order valence-electron chi connectivity index (χ2n) is 7.20. The lowest BCUT2D eigenvalue weighted by atomic mass is 9.54. The number of hydrogen-bond acceptors (Lipinski definition) is 4. The minimum atomic E-state index is -1.62. The van der Waals surface area contributed by atoms with E-state index in [-0.39, 0.29) is 23.7 Å². The van der Waals surface area contributed by atoms with Crippen LogP contribution in [-0.4, -0.2) is 22.7 Å². The maximum atomic E-state index is 13.4. The number of carbonyl (C=O) groups is 3. The van der Waals surface area contributed by atoms with Crippen molar-refractivity contribution in [3.05, 3.63) is 69.7 Å². The summed E-state index contributed by atoms with van der Waals surface area (Å²) in [7, 11) is 0. The second-order valence-corrected chi connectivity index (χ2v) is 8.42. The molecule has 2 amide bonds. The van der Waals surface area contributed by atoms with Crippen molar-refractivity contribution in [3.63, 3.8) is 0 Å². The van der Waals surface area contributed by atoms with E-state index in [0.717, 1.165) is 0 Å². The first-order valence-electron chi connectivity index (χ1n) is 9.03. The van der Waals surface area contributed by atoms with Gasteiger partial charge in [-0.3, -0.25) is 14.4 Å². The van der Waals surface area contributed by atoms with E-state index in [0.29, 0.717) is 21.2 Å². The van der Waals surface area contributed by atoms with Gasteiger partial charge in [-0.05, 0) is 35.5 Å². The number of halogens is 2. The first-order valence-corrected chi connectivity index (χ1v) is 10.2. The third kappa shape index (κ3) is 3.16. The molecule has 8 heteroatoms. The summed E-state index contributed by atoms with van der Waals surface area (Å²) in [6.07, 6.45) is 0.0244. The fourth-order valence-electron chi connectivity index (χ4n) is 4.51. The molecule has 0 radical (unpaired) electrons. The molecule has 148 valence electrons. The number of Topliss-reactive ketones (excluding diaryl/α,β-unsaturated/α-hetero) is 1. The van der Waals surface area contributed by atoms with Gasteiger partial charge in [0.05, 0.1) is 0 Å². The molecule has 0 aromatic heterocycles. The quantitative estimate of drug-likeness (QED) is 0.544. The van der Waals surface area contributed by atoms with Crippen LogP contribution in [-0.2, 0) is 14.4 Å². The first kappa shape index (κ1) is 20.0. The zero-order valence-electron chi connectivity index (χ0n) is 15.1. The zero-order valence-corrected chi connectivity index (χ0v) is 17.4. The highest BCUT2D eigenvalue weighted by atomic mass is 35.5. The van der Waals surface area contributed by atoms with Crippen LogP contribution in [0.3, 0.4) is 0 Å². The van der Waals surface area contributed by atoms with Gasteiger partial charge in [0.2, 0.25) is 11.8 Å². The van der Waals surface area contributed by atoms with E-state index >= 15 is 0 Å². The summed E-state index contributed by atoms with van der Waals surface area (Å²) in [6.45, 7) is 0. The van der Waals surface area contributed by atoms with Gasteiger partial charge in [0.1, 0.15) is 11.2 Å². The Kier molecular flexibility index (Phi) is 5.19. The molecule has 2 aromatic carbocycles. The van der Waals surface area contributed by atoms with E-state index in [1.54, 1.807) is 48.5 Å². The van der Waals surface area contributed by atoms with Gasteiger partial charge < -0.3 is 10.6 Å². The van der Waals surface area contributed by atoms with Crippen molar-refractivity contribution in [1.82, 2.24) is 10.6 Å². The topological polar surface area (TPSA) is 75.3 Å². The van der Waals surface area contributed by atoms with Crippen molar-refractivity contribution in [2.45, 2.75) is 24.7 Å². The molecular weight excluding hydrogens is 431 g/mol. The summed E-state index contributed by atoms with van der Waals surface area (Å²) in [5, 5.41) is 5.89. The number of hydrogen-bond donors (Lipinski definition) is 2. The van der Waals surface area contributed by atoms with Crippen LogP contribution >= 0.6 is 35.4 Å². The lowest BCUT2D eigenvalue weighted by molar-refractivity contribution is -0.150. The average molecular weight is 447 g/mol. The number of amides is 2. The van der Waals surface area contributed by atoms with Gasteiger partial charge in [-0.2, -0.15) is 0 Å². The summed E-state index contributed by atoms with van der Waals surface area (Å²) in [4.78, 5) is 39.6. The van der Waals surface area contributed by atoms with Gasteiger partial charge in [-0.1, -0.05) is 59.6 Å². The minimum absolute atomic E-state index is 0.0122. The van der Waals surface area contributed by atoms with Gasteiger partial charge >= 0.3 is 0 Å². The van der Waals surface area contributed by atoms with Crippen molar-refractivity contribution < 1.29 is 14.4 Å². The Morgan fingerprint density at radius 1 is 0.793 bits per heavy atom. The molecule has 1 saturated carbocycles. The van der Waals surface area contributed by atoms with Gasteiger partial charge in [-0.25, -0.2) is 0 Å². The molecule has 1 aliphatic heterocycles. The predicted octanol–water partition coefficient (Wildman–Crippen LogP) is 3.74. The van der Waals surface area contributed by atoms with Crippen LogP contribution in [0.25, 0.3) is 0 Å². The number of benzene rings is 2. The van der Waals surface area contributed by atoms with Gasteiger partial charge in [-0.15, -0.1) is 0 Å². The van der Waals surface area contributed by atoms with Crippen LogP contribution in [0.15, 0.2) is 48.5 Å². The molecule has 2 fully saturated rings. The summed E-state index contributed by atoms with van der Waals surface area (Å²) >= 11 is 17.9. The van der Waals surface area contributed by atoms with Gasteiger partial charge in [0.25, 0.3) is 0 Å². The van der Waals surface area contributed by atoms with E-state index in [4.69, 9.17) is 35.4 Å². The molecule has 0 bridgehead atoms. The van der Waals surface area contributed by atoms with Crippen molar-refractivity contribution in [2.24, 2.45) is 5.41 Å². The summed E-state index contributed by atoms with van der Waals surface area (Å²) < 4.78 is 0. The molecule has 5 nitrogen and oxygen atoms in total. The molecule has 4 rings (SSSR count). The molecule has 29 heavy (non-hydrogen) atoms. The maximum Gasteiger partial charge on any atom is 0.243 e. The monoisotopic (exact) mass is 446 g/mol. The highest BCUT2D eigenvalue weighted by Crippen LogP contribution is 2.56. The molecule has 1 heterocycles. The van der Waals surface area contributed by atoms with Crippen LogP contribution in [0.2, 0.25) is 10.0 Å². The third-order valence-electron chi connectivity index (χ3n) is 5.73. The molecule has 1 aliphatic carbocycles. The molecule has 1 spiro atoms. The Hall–Kier alpha value is -2.28. The number of thiocarbonyl (C=S) groups is 1. The summed E-state index contributed by atoms with van der Waals surface area (Å²) in [6, 6.07) is 13.9. The van der Waals surface area contributed by atoms with Crippen molar-refractivity contribution in [2.75, 3.05) is 0 Å². The van der Waals surface area contributed by atoms with Crippen LogP contribution in [0.5, 0.6) is 0 Å². The highest BCUT2D eigenvalue weighted by Gasteiger charge is 2.63. The number of nitrogens with one attached hydrogen (secondary N) is 2. The second kappa shape index (κ2) is 7.52. The fraction of sp³-hybridized carbons (Fsp3) is 0.238. The molecular formula is C21H16Cl2N2O3S. The van der Waals surface area contributed by atoms with E-state index in [2.05, 4.69) is 10.6 Å². The molecule has 2 atom stereocenters. The molecule has 2 aliphatic rings. The Morgan fingerprint density at radius 2 is 1.21 bits per heavy atom. The smallest absolute Gasteiger partial charge is 0.243 e.